The van der Waals surface area contributed by atoms with E-state index >= 15 is 0 Å². The zero-order valence-electron chi connectivity index (χ0n) is 14.2. The molecule has 0 saturated heterocycles. The Kier molecular flexibility index (Phi) is 4.24. The van der Waals surface area contributed by atoms with Gasteiger partial charge in [-0.15, -0.1) is 0 Å². The van der Waals surface area contributed by atoms with E-state index in [1.54, 1.807) is 4.57 Å². The summed E-state index contributed by atoms with van der Waals surface area (Å²) in [5, 5.41) is 26.2. The fourth-order valence-corrected chi connectivity index (χ4v) is 4.49. The van der Waals surface area contributed by atoms with Crippen LogP contribution in [0.15, 0.2) is 12.4 Å². The van der Waals surface area contributed by atoms with Crippen LogP contribution in [0, 0.1) is 11.3 Å². The van der Waals surface area contributed by atoms with Crippen molar-refractivity contribution in [2.45, 2.75) is 31.1 Å². The molecule has 0 spiro atoms. The molecular weight excluding hydrogens is 384 g/mol. The molecular formula is C16H18ClF2N5O3. The first-order chi connectivity index (χ1) is 12.8. The second-order valence-electron chi connectivity index (χ2n) is 6.94. The van der Waals surface area contributed by atoms with E-state index in [1.165, 1.54) is 19.4 Å². The van der Waals surface area contributed by atoms with Gasteiger partial charge >= 0.3 is 0 Å². The van der Waals surface area contributed by atoms with Gasteiger partial charge in [0, 0.05) is 19.0 Å². The monoisotopic (exact) mass is 401 g/mol. The minimum Gasteiger partial charge on any atom is -0.389 e. The molecule has 1 unspecified atom stereocenters. The molecule has 2 aliphatic carbocycles. The smallest absolute Gasteiger partial charge is 0.255 e. The van der Waals surface area contributed by atoms with E-state index in [0.717, 1.165) is 0 Å². The molecule has 2 aromatic rings. The van der Waals surface area contributed by atoms with E-state index in [-0.39, 0.29) is 22.6 Å². The number of halogens is 3. The van der Waals surface area contributed by atoms with Gasteiger partial charge in [0.2, 0.25) is 5.91 Å². The zero-order valence-corrected chi connectivity index (χ0v) is 15.0. The lowest BCUT2D eigenvalue weighted by molar-refractivity contribution is -0.132. The van der Waals surface area contributed by atoms with Gasteiger partial charge in [0.15, 0.2) is 5.65 Å². The SMILES string of the molecule is CNC(=O)C12C[C@@H]1[C@@H](n1cnc3c(NCC(F)F)cc(Cl)nc31)[C@H](O)[C@@H]2O. The molecule has 2 heterocycles. The van der Waals surface area contributed by atoms with Gasteiger partial charge in [-0.1, -0.05) is 11.6 Å². The minimum atomic E-state index is -2.56. The van der Waals surface area contributed by atoms with Crippen LogP contribution in [0.4, 0.5) is 14.5 Å². The van der Waals surface area contributed by atoms with Gasteiger partial charge < -0.3 is 25.4 Å². The van der Waals surface area contributed by atoms with Crippen molar-refractivity contribution in [1.29, 1.82) is 0 Å². The highest BCUT2D eigenvalue weighted by molar-refractivity contribution is 6.30. The summed E-state index contributed by atoms with van der Waals surface area (Å²) in [4.78, 5) is 20.7. The molecule has 2 aliphatic rings. The Balaban J connectivity index is 1.74. The Morgan fingerprint density at radius 1 is 1.52 bits per heavy atom. The van der Waals surface area contributed by atoms with Gasteiger partial charge in [-0.25, -0.2) is 18.7 Å². The average Bonchev–Trinajstić information content (AvgIpc) is 3.17. The molecule has 146 valence electrons. The number of imidazole rings is 1. The second kappa shape index (κ2) is 6.25. The molecule has 5 atom stereocenters. The first-order valence-corrected chi connectivity index (χ1v) is 8.82. The molecule has 2 aromatic heterocycles. The van der Waals surface area contributed by atoms with Crippen molar-refractivity contribution in [3.8, 4) is 0 Å². The number of aliphatic hydroxyl groups excluding tert-OH is 2. The maximum atomic E-state index is 12.5. The number of amides is 1. The largest absolute Gasteiger partial charge is 0.389 e. The van der Waals surface area contributed by atoms with E-state index in [4.69, 9.17) is 11.6 Å². The lowest BCUT2D eigenvalue weighted by Gasteiger charge is -2.23. The normalized spacial score (nSPS) is 32.0. The van der Waals surface area contributed by atoms with Crippen molar-refractivity contribution >= 4 is 34.4 Å². The number of aliphatic hydroxyl groups is 2. The third kappa shape index (κ3) is 2.58. The third-order valence-electron chi connectivity index (χ3n) is 5.59. The first kappa shape index (κ1) is 18.3. The summed E-state index contributed by atoms with van der Waals surface area (Å²) in [6.45, 7) is -0.574. The molecule has 0 aliphatic heterocycles. The number of hydrogen-bond donors (Lipinski definition) is 4. The summed E-state index contributed by atoms with van der Waals surface area (Å²) >= 11 is 6.03. The summed E-state index contributed by atoms with van der Waals surface area (Å²) in [7, 11) is 1.48. The fraction of sp³-hybridized carbons (Fsp3) is 0.562. The maximum absolute atomic E-state index is 12.5. The quantitative estimate of drug-likeness (QED) is 0.551. The van der Waals surface area contributed by atoms with E-state index in [0.29, 0.717) is 17.6 Å². The Morgan fingerprint density at radius 2 is 2.26 bits per heavy atom. The lowest BCUT2D eigenvalue weighted by Crippen LogP contribution is -2.41. The maximum Gasteiger partial charge on any atom is 0.255 e. The van der Waals surface area contributed by atoms with E-state index in [2.05, 4.69) is 20.6 Å². The van der Waals surface area contributed by atoms with Gasteiger partial charge in [-0.2, -0.15) is 0 Å². The summed E-state index contributed by atoms with van der Waals surface area (Å²) < 4.78 is 26.6. The Labute approximate surface area is 157 Å². The molecule has 8 nitrogen and oxygen atoms in total. The predicted octanol–water partition coefficient (Wildman–Crippen LogP) is 0.790. The van der Waals surface area contributed by atoms with Crippen LogP contribution in [0.3, 0.4) is 0 Å². The van der Waals surface area contributed by atoms with Crippen LogP contribution in [-0.2, 0) is 4.79 Å². The number of aromatic nitrogens is 3. The lowest BCUT2D eigenvalue weighted by atomic mass is 9.98. The molecule has 11 heteroatoms. The minimum absolute atomic E-state index is 0.0717. The molecule has 0 radical (unpaired) electrons. The number of carbonyl (C=O) groups excluding carboxylic acids is 1. The fourth-order valence-electron chi connectivity index (χ4n) is 4.30. The number of hydrogen-bond acceptors (Lipinski definition) is 6. The van der Waals surface area contributed by atoms with Crippen molar-refractivity contribution in [2.75, 3.05) is 18.9 Å². The van der Waals surface area contributed by atoms with Crippen molar-refractivity contribution in [3.63, 3.8) is 0 Å². The van der Waals surface area contributed by atoms with Crippen LogP contribution in [0.2, 0.25) is 5.15 Å². The first-order valence-electron chi connectivity index (χ1n) is 8.44. The Morgan fingerprint density at radius 3 is 2.93 bits per heavy atom. The van der Waals surface area contributed by atoms with Gasteiger partial charge in [-0.05, 0) is 6.42 Å². The number of anilines is 1. The Bertz CT molecular complexity index is 910. The van der Waals surface area contributed by atoms with Crippen LogP contribution in [0.25, 0.3) is 11.2 Å². The summed E-state index contributed by atoms with van der Waals surface area (Å²) in [5.41, 5.74) is -0.134. The zero-order chi connectivity index (χ0) is 19.5. The number of pyridine rings is 1. The number of rotatable bonds is 5. The molecule has 0 aromatic carbocycles. The van der Waals surface area contributed by atoms with Crippen molar-refractivity contribution in [2.24, 2.45) is 11.3 Å². The topological polar surface area (TPSA) is 112 Å². The number of carbonyl (C=O) groups is 1. The number of fused-ring (bicyclic) bond motifs is 2. The molecule has 1 amide bonds. The van der Waals surface area contributed by atoms with Gasteiger partial charge in [0.1, 0.15) is 16.8 Å². The number of alkyl halides is 2. The van der Waals surface area contributed by atoms with Gasteiger partial charge in [0.25, 0.3) is 6.43 Å². The average molecular weight is 402 g/mol. The highest BCUT2D eigenvalue weighted by atomic mass is 35.5. The molecule has 27 heavy (non-hydrogen) atoms. The van der Waals surface area contributed by atoms with Crippen LogP contribution < -0.4 is 10.6 Å². The number of nitrogens with zero attached hydrogens (tertiary/aromatic N) is 3. The van der Waals surface area contributed by atoms with E-state index in [1.807, 2.05) is 0 Å². The van der Waals surface area contributed by atoms with Crippen LogP contribution in [0.1, 0.15) is 12.5 Å². The van der Waals surface area contributed by atoms with E-state index in [9.17, 15) is 23.8 Å². The molecule has 4 rings (SSSR count). The van der Waals surface area contributed by atoms with Gasteiger partial charge in [0.05, 0.1) is 36.1 Å². The van der Waals surface area contributed by atoms with Gasteiger partial charge in [-0.3, -0.25) is 4.79 Å². The Hall–Kier alpha value is -2.04. The van der Waals surface area contributed by atoms with E-state index < -0.39 is 36.6 Å². The van der Waals surface area contributed by atoms with Crippen molar-refractivity contribution in [1.82, 2.24) is 19.9 Å². The predicted molar refractivity (Wildman–Crippen MR) is 92.7 cm³/mol. The second-order valence-corrected chi connectivity index (χ2v) is 7.33. The molecule has 0 bridgehead atoms. The van der Waals surface area contributed by atoms with Crippen LogP contribution in [-0.4, -0.2) is 62.9 Å². The van der Waals surface area contributed by atoms with Crippen molar-refractivity contribution in [3.05, 3.63) is 17.5 Å². The third-order valence-corrected chi connectivity index (χ3v) is 5.78. The summed E-state index contributed by atoms with van der Waals surface area (Å²) in [6.07, 6.45) is -3.13. The molecule has 2 fully saturated rings. The molecule has 4 N–H and O–H groups in total. The highest BCUT2D eigenvalue weighted by Crippen LogP contribution is 2.67. The van der Waals surface area contributed by atoms with Crippen LogP contribution in [0.5, 0.6) is 0 Å². The summed E-state index contributed by atoms with van der Waals surface area (Å²) in [6, 6.07) is 0.770. The number of nitrogens with one attached hydrogen (secondary N) is 2. The standard InChI is InChI=1S/C16H18ClF2N5O3/c1-20-15(27)16-3-6(16)11(12(25)13(16)26)24-5-22-10-7(21-4-9(18)19)2-8(17)23-14(10)24/h2,5-6,9,11-13,25-26H,3-4H2,1H3,(H,20,27)(H,21,23)/t6-,11-,12+,13+,16?/m1/s1. The highest BCUT2D eigenvalue weighted by Gasteiger charge is 2.75. The summed E-state index contributed by atoms with van der Waals surface area (Å²) in [5.74, 6) is -0.616. The van der Waals surface area contributed by atoms with Crippen molar-refractivity contribution < 1.29 is 23.8 Å². The van der Waals surface area contributed by atoms with Crippen LogP contribution >= 0.6 is 11.6 Å². The molecule has 2 saturated carbocycles.